The van der Waals surface area contributed by atoms with Crippen molar-refractivity contribution >= 4 is 5.91 Å². The van der Waals surface area contributed by atoms with Gasteiger partial charge in [-0.15, -0.1) is 0 Å². The molecule has 0 atom stereocenters. The molecule has 0 unspecified atom stereocenters. The van der Waals surface area contributed by atoms with Crippen molar-refractivity contribution in [1.29, 1.82) is 0 Å². The molecule has 4 heteroatoms. The lowest BCUT2D eigenvalue weighted by Crippen LogP contribution is -2.27. The first-order valence-electron chi connectivity index (χ1n) is 5.87. The topological polar surface area (TPSA) is 53.2 Å². The fourth-order valence-electron chi connectivity index (χ4n) is 1.34. The summed E-state index contributed by atoms with van der Waals surface area (Å²) in [5.74, 6) is 0.152. The summed E-state index contributed by atoms with van der Waals surface area (Å²) in [6, 6.07) is 0. The van der Waals surface area contributed by atoms with E-state index in [0.717, 1.165) is 26.1 Å². The van der Waals surface area contributed by atoms with Crippen molar-refractivity contribution in [3.63, 3.8) is 0 Å². The summed E-state index contributed by atoms with van der Waals surface area (Å²) in [6.45, 7) is 2.67. The van der Waals surface area contributed by atoms with Crippen LogP contribution in [0.2, 0.25) is 0 Å². The van der Waals surface area contributed by atoms with E-state index in [1.54, 1.807) is 0 Å². The number of amides is 1. The fraction of sp³-hybridized carbons (Fsp3) is 0.909. The van der Waals surface area contributed by atoms with Gasteiger partial charge in [0.1, 0.15) is 0 Å². The predicted octanol–water partition coefficient (Wildman–Crippen LogP) is 0.492. The van der Waals surface area contributed by atoms with Gasteiger partial charge in [-0.25, -0.2) is 0 Å². The van der Waals surface area contributed by atoms with Gasteiger partial charge in [0, 0.05) is 19.5 Å². The van der Waals surface area contributed by atoms with Crippen LogP contribution in [-0.2, 0) is 4.79 Å². The van der Waals surface area contributed by atoms with E-state index in [1.807, 2.05) is 14.1 Å². The van der Waals surface area contributed by atoms with Gasteiger partial charge in [-0.05, 0) is 33.5 Å². The lowest BCUT2D eigenvalue weighted by atomic mass is 10.2. The van der Waals surface area contributed by atoms with E-state index in [9.17, 15) is 4.79 Å². The molecule has 0 aromatic rings. The fourth-order valence-corrected chi connectivity index (χ4v) is 1.34. The van der Waals surface area contributed by atoms with Gasteiger partial charge in [0.25, 0.3) is 0 Å². The SMILES string of the molecule is CNCCCCCCNC(=O)CCNC. The van der Waals surface area contributed by atoms with Crippen molar-refractivity contribution in [2.24, 2.45) is 0 Å². The van der Waals surface area contributed by atoms with E-state index in [4.69, 9.17) is 0 Å². The van der Waals surface area contributed by atoms with Gasteiger partial charge >= 0.3 is 0 Å². The maximum atomic E-state index is 11.2. The van der Waals surface area contributed by atoms with Gasteiger partial charge in [0.2, 0.25) is 5.91 Å². The highest BCUT2D eigenvalue weighted by Crippen LogP contribution is 1.97. The normalized spacial score (nSPS) is 10.3. The van der Waals surface area contributed by atoms with Crippen molar-refractivity contribution in [2.75, 3.05) is 33.7 Å². The lowest BCUT2D eigenvalue weighted by Gasteiger charge is -2.04. The molecular weight excluding hydrogens is 190 g/mol. The monoisotopic (exact) mass is 215 g/mol. The number of carbonyl (C=O) groups is 1. The second-order valence-corrected chi connectivity index (χ2v) is 3.72. The number of unbranched alkanes of at least 4 members (excludes halogenated alkanes) is 3. The Morgan fingerprint density at radius 3 is 2.07 bits per heavy atom. The molecule has 0 rings (SSSR count). The first-order valence-corrected chi connectivity index (χ1v) is 5.87. The maximum absolute atomic E-state index is 11.2. The molecule has 90 valence electrons. The molecule has 0 aromatic heterocycles. The van der Waals surface area contributed by atoms with Crippen molar-refractivity contribution in [3.8, 4) is 0 Å². The van der Waals surface area contributed by atoms with E-state index in [1.165, 1.54) is 19.3 Å². The third-order valence-electron chi connectivity index (χ3n) is 2.28. The Morgan fingerprint density at radius 2 is 1.47 bits per heavy atom. The molecule has 0 saturated carbocycles. The van der Waals surface area contributed by atoms with Crippen molar-refractivity contribution in [2.45, 2.75) is 32.1 Å². The number of hydrogen-bond acceptors (Lipinski definition) is 3. The first-order chi connectivity index (χ1) is 7.31. The molecular formula is C11H25N3O. The second-order valence-electron chi connectivity index (χ2n) is 3.72. The Morgan fingerprint density at radius 1 is 0.867 bits per heavy atom. The summed E-state index contributed by atoms with van der Waals surface area (Å²) in [5.41, 5.74) is 0. The molecule has 3 N–H and O–H groups in total. The Balaban J connectivity index is 3.06. The van der Waals surface area contributed by atoms with Gasteiger partial charge in [-0.3, -0.25) is 4.79 Å². The summed E-state index contributed by atoms with van der Waals surface area (Å²) in [6.07, 6.45) is 5.34. The summed E-state index contributed by atoms with van der Waals surface area (Å²) in [7, 11) is 3.83. The standard InChI is InChI=1S/C11H25N3O/c1-12-8-5-3-4-6-9-14-11(15)7-10-13-2/h12-13H,3-10H2,1-2H3,(H,14,15). The number of hydrogen-bond donors (Lipinski definition) is 3. The molecule has 4 nitrogen and oxygen atoms in total. The van der Waals surface area contributed by atoms with Crippen LogP contribution in [0.25, 0.3) is 0 Å². The zero-order valence-corrected chi connectivity index (χ0v) is 10.1. The molecule has 1 amide bonds. The van der Waals surface area contributed by atoms with Gasteiger partial charge < -0.3 is 16.0 Å². The Kier molecular flexibility index (Phi) is 11.0. The smallest absolute Gasteiger partial charge is 0.221 e. The van der Waals surface area contributed by atoms with Crippen LogP contribution in [-0.4, -0.2) is 39.6 Å². The van der Waals surface area contributed by atoms with Gasteiger partial charge in [0.15, 0.2) is 0 Å². The lowest BCUT2D eigenvalue weighted by molar-refractivity contribution is -0.120. The summed E-state index contributed by atoms with van der Waals surface area (Å²) in [5, 5.41) is 8.99. The molecule has 0 bridgehead atoms. The maximum Gasteiger partial charge on any atom is 0.221 e. The minimum Gasteiger partial charge on any atom is -0.356 e. The summed E-state index contributed by atoms with van der Waals surface area (Å²) < 4.78 is 0. The van der Waals surface area contributed by atoms with Crippen LogP contribution >= 0.6 is 0 Å². The molecule has 0 spiro atoms. The molecule has 0 saturated heterocycles. The molecule has 0 aliphatic carbocycles. The number of rotatable bonds is 10. The highest BCUT2D eigenvalue weighted by Gasteiger charge is 1.98. The van der Waals surface area contributed by atoms with Crippen molar-refractivity contribution in [1.82, 2.24) is 16.0 Å². The minimum absolute atomic E-state index is 0.152. The second kappa shape index (κ2) is 11.5. The first kappa shape index (κ1) is 14.4. The average molecular weight is 215 g/mol. The Bertz CT molecular complexity index is 151. The molecule has 0 aliphatic rings. The van der Waals surface area contributed by atoms with Gasteiger partial charge in [0.05, 0.1) is 0 Å². The molecule has 0 fully saturated rings. The Hall–Kier alpha value is -0.610. The van der Waals surface area contributed by atoms with Crippen molar-refractivity contribution < 1.29 is 4.79 Å². The van der Waals surface area contributed by atoms with Crippen LogP contribution in [0.4, 0.5) is 0 Å². The molecule has 0 radical (unpaired) electrons. The van der Waals surface area contributed by atoms with Crippen LogP contribution < -0.4 is 16.0 Å². The number of carbonyl (C=O) groups excluding carboxylic acids is 1. The van der Waals surface area contributed by atoms with Crippen LogP contribution in [0.5, 0.6) is 0 Å². The molecule has 0 heterocycles. The average Bonchev–Trinajstić information content (AvgIpc) is 2.25. The highest BCUT2D eigenvalue weighted by atomic mass is 16.1. The summed E-state index contributed by atoms with van der Waals surface area (Å²) in [4.78, 5) is 11.2. The Labute approximate surface area is 93.2 Å². The van der Waals surface area contributed by atoms with Crippen LogP contribution in [0.15, 0.2) is 0 Å². The van der Waals surface area contributed by atoms with E-state index in [0.29, 0.717) is 6.42 Å². The van der Waals surface area contributed by atoms with Crippen LogP contribution in [0.3, 0.4) is 0 Å². The van der Waals surface area contributed by atoms with E-state index < -0.39 is 0 Å². The van der Waals surface area contributed by atoms with E-state index in [2.05, 4.69) is 16.0 Å². The zero-order chi connectivity index (χ0) is 11.4. The molecule has 0 aromatic carbocycles. The van der Waals surface area contributed by atoms with Gasteiger partial charge in [-0.1, -0.05) is 12.8 Å². The molecule has 0 aliphatic heterocycles. The predicted molar refractivity (Wildman–Crippen MR) is 63.9 cm³/mol. The van der Waals surface area contributed by atoms with Crippen LogP contribution in [0, 0.1) is 0 Å². The highest BCUT2D eigenvalue weighted by molar-refractivity contribution is 5.75. The van der Waals surface area contributed by atoms with E-state index >= 15 is 0 Å². The largest absolute Gasteiger partial charge is 0.356 e. The van der Waals surface area contributed by atoms with Gasteiger partial charge in [-0.2, -0.15) is 0 Å². The minimum atomic E-state index is 0.152. The van der Waals surface area contributed by atoms with Crippen molar-refractivity contribution in [3.05, 3.63) is 0 Å². The molecule has 15 heavy (non-hydrogen) atoms. The quantitative estimate of drug-likeness (QED) is 0.465. The van der Waals surface area contributed by atoms with Crippen LogP contribution in [0.1, 0.15) is 32.1 Å². The zero-order valence-electron chi connectivity index (χ0n) is 10.1. The third kappa shape index (κ3) is 11.3. The summed E-state index contributed by atoms with van der Waals surface area (Å²) >= 11 is 0. The third-order valence-corrected chi connectivity index (χ3v) is 2.28. The number of nitrogens with one attached hydrogen (secondary N) is 3. The van der Waals surface area contributed by atoms with E-state index in [-0.39, 0.29) is 5.91 Å².